The van der Waals surface area contributed by atoms with Crippen molar-refractivity contribution in [1.82, 2.24) is 0 Å². The van der Waals surface area contributed by atoms with Crippen molar-refractivity contribution in [3.63, 3.8) is 0 Å². The SMILES string of the molecule is O=C(Oc1ccc(Cl)cc1)C(O)(C(F)(F)F)C(F)(F)F. The first-order valence-electron chi connectivity index (χ1n) is 4.73. The third-order valence-electron chi connectivity index (χ3n) is 2.14. The molecule has 0 bridgehead atoms. The Hall–Kier alpha value is -1.48. The highest BCUT2D eigenvalue weighted by molar-refractivity contribution is 6.30. The summed E-state index contributed by atoms with van der Waals surface area (Å²) in [5.41, 5.74) is -5.61. The number of esters is 1. The van der Waals surface area contributed by atoms with E-state index in [9.17, 15) is 31.1 Å². The van der Waals surface area contributed by atoms with Gasteiger partial charge in [-0.1, -0.05) is 11.6 Å². The van der Waals surface area contributed by atoms with E-state index in [0.29, 0.717) is 0 Å². The molecule has 1 N–H and O–H groups in total. The van der Waals surface area contributed by atoms with Crippen molar-refractivity contribution in [2.24, 2.45) is 0 Å². The number of ether oxygens (including phenoxy) is 1. The average molecular weight is 323 g/mol. The van der Waals surface area contributed by atoms with Gasteiger partial charge in [0, 0.05) is 5.02 Å². The van der Waals surface area contributed by atoms with Crippen LogP contribution in [-0.2, 0) is 4.79 Å². The van der Waals surface area contributed by atoms with Crippen molar-refractivity contribution < 1.29 is 41.0 Å². The van der Waals surface area contributed by atoms with Gasteiger partial charge >= 0.3 is 23.9 Å². The zero-order valence-electron chi connectivity index (χ0n) is 9.22. The molecule has 3 nitrogen and oxygen atoms in total. The van der Waals surface area contributed by atoms with Crippen molar-refractivity contribution in [2.75, 3.05) is 0 Å². The normalized spacial score (nSPS) is 13.2. The maximum atomic E-state index is 12.3. The Morgan fingerprint density at radius 1 is 1.00 bits per heavy atom. The van der Waals surface area contributed by atoms with Crippen molar-refractivity contribution in [2.45, 2.75) is 18.0 Å². The van der Waals surface area contributed by atoms with Gasteiger partial charge in [0.2, 0.25) is 0 Å². The van der Waals surface area contributed by atoms with E-state index in [2.05, 4.69) is 4.74 Å². The number of carbonyl (C=O) groups excluding carboxylic acids is 1. The number of halogens is 7. The van der Waals surface area contributed by atoms with Gasteiger partial charge in [0.25, 0.3) is 0 Å². The molecule has 0 spiro atoms. The molecular formula is C10H5ClF6O3. The van der Waals surface area contributed by atoms with Crippen LogP contribution in [0.15, 0.2) is 24.3 Å². The second-order valence-electron chi connectivity index (χ2n) is 3.55. The van der Waals surface area contributed by atoms with Crippen LogP contribution in [0.3, 0.4) is 0 Å². The van der Waals surface area contributed by atoms with E-state index in [-0.39, 0.29) is 5.02 Å². The molecule has 20 heavy (non-hydrogen) atoms. The minimum atomic E-state index is -6.28. The predicted molar refractivity (Wildman–Crippen MR) is 54.1 cm³/mol. The van der Waals surface area contributed by atoms with Crippen molar-refractivity contribution in [3.8, 4) is 5.75 Å². The topological polar surface area (TPSA) is 46.5 Å². The fourth-order valence-corrected chi connectivity index (χ4v) is 1.20. The maximum absolute atomic E-state index is 12.3. The van der Waals surface area contributed by atoms with Gasteiger partial charge in [-0.15, -0.1) is 0 Å². The first kappa shape index (κ1) is 16.6. The predicted octanol–water partition coefficient (Wildman–Crippen LogP) is 3.10. The molecule has 1 rings (SSSR count). The molecule has 0 fully saturated rings. The molecule has 0 aliphatic carbocycles. The first-order chi connectivity index (χ1) is 8.89. The van der Waals surface area contributed by atoms with Crippen LogP contribution >= 0.6 is 11.6 Å². The summed E-state index contributed by atoms with van der Waals surface area (Å²) in [6.07, 6.45) is -12.6. The average Bonchev–Trinajstić information content (AvgIpc) is 2.28. The number of aliphatic hydroxyl groups is 1. The summed E-state index contributed by atoms with van der Waals surface area (Å²) in [5.74, 6) is -3.54. The molecule has 0 atom stereocenters. The Labute approximate surface area is 112 Å². The van der Waals surface area contributed by atoms with Gasteiger partial charge in [-0.25, -0.2) is 4.79 Å². The molecule has 0 saturated carbocycles. The fourth-order valence-electron chi connectivity index (χ4n) is 1.08. The Kier molecular flexibility index (Phi) is 4.25. The second kappa shape index (κ2) is 5.13. The van der Waals surface area contributed by atoms with Crippen molar-refractivity contribution >= 4 is 17.6 Å². The summed E-state index contributed by atoms with van der Waals surface area (Å²) in [6.45, 7) is 0. The molecule has 0 aromatic heterocycles. The second-order valence-corrected chi connectivity index (χ2v) is 3.99. The van der Waals surface area contributed by atoms with E-state index < -0.39 is 29.7 Å². The summed E-state index contributed by atoms with van der Waals surface area (Å²) in [6, 6.07) is 3.88. The van der Waals surface area contributed by atoms with E-state index in [1.807, 2.05) is 0 Å². The quantitative estimate of drug-likeness (QED) is 0.517. The fraction of sp³-hybridized carbons (Fsp3) is 0.300. The first-order valence-corrected chi connectivity index (χ1v) is 5.11. The molecule has 10 heteroatoms. The summed E-state index contributed by atoms with van der Waals surface area (Å²) in [5, 5.41) is 8.84. The van der Waals surface area contributed by atoms with Gasteiger partial charge in [0.05, 0.1) is 0 Å². The van der Waals surface area contributed by atoms with E-state index in [4.69, 9.17) is 16.7 Å². The lowest BCUT2D eigenvalue weighted by Crippen LogP contribution is -2.63. The number of rotatable bonds is 2. The van der Waals surface area contributed by atoms with Crippen LogP contribution in [0.1, 0.15) is 0 Å². The Balaban J connectivity index is 3.11. The lowest BCUT2D eigenvalue weighted by atomic mass is 10.0. The molecule has 1 aromatic carbocycles. The monoisotopic (exact) mass is 322 g/mol. The number of alkyl halides is 6. The van der Waals surface area contributed by atoms with Crippen LogP contribution < -0.4 is 4.74 Å². The number of carbonyl (C=O) groups is 1. The lowest BCUT2D eigenvalue weighted by Gasteiger charge is -2.29. The molecule has 0 amide bonds. The molecule has 0 aliphatic rings. The molecular weight excluding hydrogens is 318 g/mol. The van der Waals surface area contributed by atoms with Crippen molar-refractivity contribution in [3.05, 3.63) is 29.3 Å². The standard InChI is InChI=1S/C10H5ClF6O3/c11-5-1-3-6(4-2-5)20-7(18)8(19,9(12,13)14)10(15,16)17/h1-4,19H. The van der Waals surface area contributed by atoms with Crippen molar-refractivity contribution in [1.29, 1.82) is 0 Å². The van der Waals surface area contributed by atoms with Crippen LogP contribution in [0.4, 0.5) is 26.3 Å². The summed E-state index contributed by atoms with van der Waals surface area (Å²) < 4.78 is 77.9. The third kappa shape index (κ3) is 2.98. The zero-order chi connectivity index (χ0) is 15.8. The summed E-state index contributed by atoms with van der Waals surface area (Å²) in [7, 11) is 0. The molecule has 0 aliphatic heterocycles. The van der Waals surface area contributed by atoms with Crippen LogP contribution in [0.2, 0.25) is 5.02 Å². The highest BCUT2D eigenvalue weighted by atomic mass is 35.5. The highest BCUT2D eigenvalue weighted by Gasteiger charge is 2.76. The smallest absolute Gasteiger partial charge is 0.424 e. The number of hydrogen-bond donors (Lipinski definition) is 1. The Bertz CT molecular complexity index is 479. The van der Waals surface area contributed by atoms with Gasteiger partial charge in [-0.05, 0) is 24.3 Å². The molecule has 0 heterocycles. The van der Waals surface area contributed by atoms with Gasteiger partial charge in [0.1, 0.15) is 5.75 Å². The van der Waals surface area contributed by atoms with Crippen LogP contribution in [0, 0.1) is 0 Å². The van der Waals surface area contributed by atoms with E-state index in [1.54, 1.807) is 0 Å². The van der Waals surface area contributed by atoms with Crippen LogP contribution in [-0.4, -0.2) is 29.0 Å². The maximum Gasteiger partial charge on any atom is 0.437 e. The number of benzene rings is 1. The Morgan fingerprint density at radius 3 is 1.75 bits per heavy atom. The number of hydrogen-bond acceptors (Lipinski definition) is 3. The Morgan fingerprint density at radius 2 is 1.40 bits per heavy atom. The molecule has 0 radical (unpaired) electrons. The summed E-state index contributed by atoms with van der Waals surface area (Å²) in [4.78, 5) is 11.1. The highest BCUT2D eigenvalue weighted by Crippen LogP contribution is 2.43. The third-order valence-corrected chi connectivity index (χ3v) is 2.39. The van der Waals surface area contributed by atoms with Gasteiger partial charge in [-0.3, -0.25) is 0 Å². The van der Waals surface area contributed by atoms with Gasteiger partial charge in [0.15, 0.2) is 0 Å². The van der Waals surface area contributed by atoms with E-state index in [0.717, 1.165) is 24.3 Å². The van der Waals surface area contributed by atoms with Gasteiger partial charge in [-0.2, -0.15) is 26.3 Å². The van der Waals surface area contributed by atoms with E-state index >= 15 is 0 Å². The largest absolute Gasteiger partial charge is 0.437 e. The van der Waals surface area contributed by atoms with Crippen LogP contribution in [0.5, 0.6) is 5.75 Å². The molecule has 0 saturated heterocycles. The lowest BCUT2D eigenvalue weighted by molar-refractivity contribution is -0.354. The van der Waals surface area contributed by atoms with E-state index in [1.165, 1.54) is 0 Å². The van der Waals surface area contributed by atoms with Gasteiger partial charge < -0.3 is 9.84 Å². The minimum absolute atomic E-state index is 0.117. The molecule has 1 aromatic rings. The van der Waals surface area contributed by atoms with Crippen LogP contribution in [0.25, 0.3) is 0 Å². The summed E-state index contributed by atoms with van der Waals surface area (Å²) >= 11 is 5.43. The molecule has 112 valence electrons. The minimum Gasteiger partial charge on any atom is -0.424 e. The zero-order valence-corrected chi connectivity index (χ0v) is 9.97. The molecule has 0 unspecified atom stereocenters.